The van der Waals surface area contributed by atoms with Gasteiger partial charge in [-0.15, -0.1) is 0 Å². The van der Waals surface area contributed by atoms with Crippen molar-refractivity contribution >= 4 is 17.5 Å². The highest BCUT2D eigenvalue weighted by Crippen LogP contribution is 2.40. The molecular formula is C17H22N4O3. The first-order valence-electron chi connectivity index (χ1n) is 7.82. The van der Waals surface area contributed by atoms with Gasteiger partial charge in [0.2, 0.25) is 11.7 Å². The Morgan fingerprint density at radius 3 is 2.17 bits per heavy atom. The number of hydrogen-bond acceptors (Lipinski definition) is 7. The van der Waals surface area contributed by atoms with Gasteiger partial charge in [-0.2, -0.15) is 4.98 Å². The monoisotopic (exact) mass is 330 g/mol. The molecular weight excluding hydrogens is 308 g/mol. The van der Waals surface area contributed by atoms with E-state index in [9.17, 15) is 0 Å². The average Bonchev–Trinajstić information content (AvgIpc) is 3.37. The van der Waals surface area contributed by atoms with Crippen LogP contribution in [0.4, 0.5) is 17.5 Å². The lowest BCUT2D eigenvalue weighted by Gasteiger charge is -2.15. The zero-order valence-corrected chi connectivity index (χ0v) is 14.3. The van der Waals surface area contributed by atoms with E-state index < -0.39 is 0 Å². The molecule has 3 rings (SSSR count). The Labute approximate surface area is 141 Å². The number of aromatic nitrogens is 2. The third-order valence-electron chi connectivity index (χ3n) is 3.70. The molecule has 0 bridgehead atoms. The van der Waals surface area contributed by atoms with Gasteiger partial charge in [0.05, 0.1) is 21.3 Å². The minimum atomic E-state index is 0.521. The number of nitrogens with zero attached hydrogens (tertiary/aromatic N) is 2. The molecule has 0 saturated heterocycles. The number of benzene rings is 1. The molecule has 1 saturated carbocycles. The molecule has 0 atom stereocenters. The lowest BCUT2D eigenvalue weighted by molar-refractivity contribution is 0.324. The van der Waals surface area contributed by atoms with Crippen molar-refractivity contribution in [1.82, 2.24) is 9.97 Å². The molecule has 1 aliphatic carbocycles. The van der Waals surface area contributed by atoms with E-state index in [-0.39, 0.29) is 0 Å². The average molecular weight is 330 g/mol. The molecule has 7 heteroatoms. The predicted molar refractivity (Wildman–Crippen MR) is 92.8 cm³/mol. The van der Waals surface area contributed by atoms with Crippen molar-refractivity contribution in [1.29, 1.82) is 0 Å². The summed E-state index contributed by atoms with van der Waals surface area (Å²) in [6.07, 6.45) is 2.39. The molecule has 7 nitrogen and oxygen atoms in total. The molecule has 1 heterocycles. The normalized spacial score (nSPS) is 13.3. The molecule has 128 valence electrons. The number of rotatable bonds is 7. The SMILES string of the molecule is COc1cc(Nc2nc(C)cc(NC3CC3)n2)cc(OC)c1OC. The van der Waals surface area contributed by atoms with Crippen LogP contribution >= 0.6 is 0 Å². The van der Waals surface area contributed by atoms with Crippen LogP contribution in [-0.4, -0.2) is 37.3 Å². The minimum Gasteiger partial charge on any atom is -0.493 e. The summed E-state index contributed by atoms with van der Waals surface area (Å²) in [7, 11) is 4.75. The summed E-state index contributed by atoms with van der Waals surface area (Å²) in [6, 6.07) is 6.12. The van der Waals surface area contributed by atoms with Crippen LogP contribution in [0.2, 0.25) is 0 Å². The second-order valence-corrected chi connectivity index (χ2v) is 5.68. The molecule has 0 unspecified atom stereocenters. The fourth-order valence-electron chi connectivity index (χ4n) is 2.42. The largest absolute Gasteiger partial charge is 0.493 e. The molecule has 1 aromatic carbocycles. The van der Waals surface area contributed by atoms with E-state index in [1.165, 1.54) is 12.8 Å². The van der Waals surface area contributed by atoms with Crippen molar-refractivity contribution in [2.24, 2.45) is 0 Å². The van der Waals surface area contributed by atoms with Gasteiger partial charge in [-0.3, -0.25) is 0 Å². The number of methoxy groups -OCH3 is 3. The van der Waals surface area contributed by atoms with Gasteiger partial charge in [0.25, 0.3) is 0 Å². The molecule has 24 heavy (non-hydrogen) atoms. The fraction of sp³-hybridized carbons (Fsp3) is 0.412. The molecule has 2 N–H and O–H groups in total. The number of hydrogen-bond donors (Lipinski definition) is 2. The van der Waals surface area contributed by atoms with E-state index in [4.69, 9.17) is 14.2 Å². The van der Waals surface area contributed by atoms with E-state index >= 15 is 0 Å². The molecule has 1 fully saturated rings. The van der Waals surface area contributed by atoms with Gasteiger partial charge in [-0.25, -0.2) is 4.98 Å². The van der Waals surface area contributed by atoms with E-state index in [2.05, 4.69) is 20.6 Å². The van der Waals surface area contributed by atoms with Crippen LogP contribution in [0.15, 0.2) is 18.2 Å². The maximum absolute atomic E-state index is 5.37. The summed E-state index contributed by atoms with van der Waals surface area (Å²) in [4.78, 5) is 8.95. The number of ether oxygens (including phenoxy) is 3. The van der Waals surface area contributed by atoms with Gasteiger partial charge in [0, 0.05) is 35.6 Å². The summed E-state index contributed by atoms with van der Waals surface area (Å²) in [6.45, 7) is 1.94. The van der Waals surface area contributed by atoms with Crippen LogP contribution in [0.1, 0.15) is 18.5 Å². The zero-order valence-electron chi connectivity index (χ0n) is 14.3. The van der Waals surface area contributed by atoms with Gasteiger partial charge < -0.3 is 24.8 Å². The summed E-state index contributed by atoms with van der Waals surface area (Å²) in [5.41, 5.74) is 1.65. The van der Waals surface area contributed by atoms with E-state index in [1.807, 2.05) is 25.1 Å². The van der Waals surface area contributed by atoms with Crippen molar-refractivity contribution in [3.8, 4) is 17.2 Å². The van der Waals surface area contributed by atoms with E-state index in [0.717, 1.165) is 17.2 Å². The molecule has 1 aromatic heterocycles. The lowest BCUT2D eigenvalue weighted by atomic mass is 10.2. The first-order valence-corrected chi connectivity index (χ1v) is 7.82. The summed E-state index contributed by atoms with van der Waals surface area (Å²) in [5.74, 6) is 3.05. The molecule has 2 aromatic rings. The van der Waals surface area contributed by atoms with E-state index in [1.54, 1.807) is 21.3 Å². The Hall–Kier alpha value is -2.70. The Morgan fingerprint density at radius 1 is 0.958 bits per heavy atom. The second-order valence-electron chi connectivity index (χ2n) is 5.68. The molecule has 0 aliphatic heterocycles. The smallest absolute Gasteiger partial charge is 0.229 e. The first kappa shape index (κ1) is 16.2. The molecule has 0 radical (unpaired) electrons. The van der Waals surface area contributed by atoms with Crippen molar-refractivity contribution in [3.05, 3.63) is 23.9 Å². The second kappa shape index (κ2) is 6.82. The fourth-order valence-corrected chi connectivity index (χ4v) is 2.42. The van der Waals surface area contributed by atoms with Crippen LogP contribution in [-0.2, 0) is 0 Å². The zero-order chi connectivity index (χ0) is 17.1. The van der Waals surface area contributed by atoms with Crippen molar-refractivity contribution in [3.63, 3.8) is 0 Å². The number of aryl methyl sites for hydroxylation is 1. The Kier molecular flexibility index (Phi) is 4.59. The van der Waals surface area contributed by atoms with Crippen LogP contribution < -0.4 is 24.8 Å². The van der Waals surface area contributed by atoms with Gasteiger partial charge in [-0.05, 0) is 19.8 Å². The van der Waals surface area contributed by atoms with E-state index in [0.29, 0.717) is 29.2 Å². The Balaban J connectivity index is 1.88. The lowest BCUT2D eigenvalue weighted by Crippen LogP contribution is -2.07. The van der Waals surface area contributed by atoms with Crippen molar-refractivity contribution in [2.75, 3.05) is 32.0 Å². The third kappa shape index (κ3) is 3.61. The highest BCUT2D eigenvalue weighted by Gasteiger charge is 2.21. The van der Waals surface area contributed by atoms with Crippen molar-refractivity contribution in [2.45, 2.75) is 25.8 Å². The summed E-state index contributed by atoms with van der Waals surface area (Å²) in [5, 5.41) is 6.59. The van der Waals surface area contributed by atoms with Gasteiger partial charge >= 0.3 is 0 Å². The maximum atomic E-state index is 5.37. The Bertz CT molecular complexity index is 707. The summed E-state index contributed by atoms with van der Waals surface area (Å²) >= 11 is 0. The molecule has 0 amide bonds. The predicted octanol–water partition coefficient (Wildman–Crippen LogP) is 3.13. The third-order valence-corrected chi connectivity index (χ3v) is 3.70. The van der Waals surface area contributed by atoms with Crippen LogP contribution in [0.3, 0.4) is 0 Å². The highest BCUT2D eigenvalue weighted by molar-refractivity contribution is 5.66. The highest BCUT2D eigenvalue weighted by atomic mass is 16.5. The molecule has 1 aliphatic rings. The minimum absolute atomic E-state index is 0.521. The van der Waals surface area contributed by atoms with Gasteiger partial charge in [-0.1, -0.05) is 0 Å². The first-order chi connectivity index (χ1) is 11.6. The standard InChI is InChI=1S/C17H22N4O3/c1-10-7-15(19-11-5-6-11)21-17(18-10)20-12-8-13(22-2)16(24-4)14(9-12)23-3/h7-9,11H,5-6H2,1-4H3,(H2,18,19,20,21). The quantitative estimate of drug-likeness (QED) is 0.807. The van der Waals surface area contributed by atoms with Crippen LogP contribution in [0, 0.1) is 6.92 Å². The summed E-state index contributed by atoms with van der Waals surface area (Å²) < 4.78 is 16.1. The topological polar surface area (TPSA) is 77.5 Å². The van der Waals surface area contributed by atoms with Gasteiger partial charge in [0.1, 0.15) is 5.82 Å². The van der Waals surface area contributed by atoms with Crippen LogP contribution in [0.5, 0.6) is 17.2 Å². The molecule has 0 spiro atoms. The van der Waals surface area contributed by atoms with Gasteiger partial charge in [0.15, 0.2) is 11.5 Å². The van der Waals surface area contributed by atoms with Crippen LogP contribution in [0.25, 0.3) is 0 Å². The van der Waals surface area contributed by atoms with Crippen molar-refractivity contribution < 1.29 is 14.2 Å². The Morgan fingerprint density at radius 2 is 1.62 bits per heavy atom. The number of nitrogens with one attached hydrogen (secondary N) is 2. The maximum Gasteiger partial charge on any atom is 0.229 e. The number of anilines is 3.